The summed E-state index contributed by atoms with van der Waals surface area (Å²) in [4.78, 5) is 23.2. The molecule has 0 heterocycles. The lowest BCUT2D eigenvalue weighted by Crippen LogP contribution is -2.40. The zero-order valence-corrected chi connectivity index (χ0v) is 12.9. The summed E-state index contributed by atoms with van der Waals surface area (Å²) in [7, 11) is 3.14. The maximum absolute atomic E-state index is 12.7. The lowest BCUT2D eigenvalue weighted by atomic mass is 9.94. The summed E-state index contributed by atoms with van der Waals surface area (Å²) in [5.41, 5.74) is 1.09. The van der Waals surface area contributed by atoms with E-state index in [1.807, 2.05) is 6.07 Å². The van der Waals surface area contributed by atoms with Crippen molar-refractivity contribution in [3.05, 3.63) is 75.8 Å². The van der Waals surface area contributed by atoms with Gasteiger partial charge in [-0.15, -0.1) is 0 Å². The molecule has 0 saturated carbocycles. The van der Waals surface area contributed by atoms with E-state index in [0.29, 0.717) is 11.1 Å². The van der Waals surface area contributed by atoms with Gasteiger partial charge in [0, 0.05) is 24.8 Å². The first kappa shape index (κ1) is 16.8. The SMILES string of the molecule is CNC(C(=O)c1ccccc1)C(OC)c1cccc([N+](=O)[O-])c1. The Bertz CT molecular complexity index is 688. The van der Waals surface area contributed by atoms with E-state index in [2.05, 4.69) is 5.32 Å². The van der Waals surface area contributed by atoms with Crippen LogP contribution in [0.15, 0.2) is 54.6 Å². The molecule has 0 saturated heterocycles. The van der Waals surface area contributed by atoms with Crippen LogP contribution in [0.2, 0.25) is 0 Å². The highest BCUT2D eigenvalue weighted by molar-refractivity contribution is 6.00. The first-order chi connectivity index (χ1) is 11.1. The van der Waals surface area contributed by atoms with Gasteiger partial charge in [0.05, 0.1) is 4.92 Å². The van der Waals surface area contributed by atoms with Crippen LogP contribution in [-0.2, 0) is 4.74 Å². The number of non-ortho nitro benzene ring substituents is 1. The molecule has 2 aromatic carbocycles. The Morgan fingerprint density at radius 2 is 1.87 bits per heavy atom. The van der Waals surface area contributed by atoms with Crippen LogP contribution in [-0.4, -0.2) is 30.9 Å². The molecule has 2 atom stereocenters. The highest BCUT2D eigenvalue weighted by Gasteiger charge is 2.29. The van der Waals surface area contributed by atoms with Crippen molar-refractivity contribution in [2.24, 2.45) is 0 Å². The fraction of sp³-hybridized carbons (Fsp3) is 0.235. The topological polar surface area (TPSA) is 81.5 Å². The molecule has 1 N–H and O–H groups in total. The Labute approximate surface area is 134 Å². The average Bonchev–Trinajstić information content (AvgIpc) is 2.59. The van der Waals surface area contributed by atoms with E-state index in [9.17, 15) is 14.9 Å². The van der Waals surface area contributed by atoms with Gasteiger partial charge in [-0.05, 0) is 12.6 Å². The van der Waals surface area contributed by atoms with Crippen molar-refractivity contribution in [1.82, 2.24) is 5.32 Å². The van der Waals surface area contributed by atoms with Gasteiger partial charge in [-0.25, -0.2) is 0 Å². The van der Waals surface area contributed by atoms with E-state index in [1.165, 1.54) is 19.2 Å². The van der Waals surface area contributed by atoms with Gasteiger partial charge in [0.1, 0.15) is 12.1 Å². The molecule has 0 aliphatic rings. The number of nitro benzene ring substituents is 1. The summed E-state index contributed by atoms with van der Waals surface area (Å²) >= 11 is 0. The Hall–Kier alpha value is -2.57. The van der Waals surface area contributed by atoms with Crippen molar-refractivity contribution in [2.75, 3.05) is 14.2 Å². The standard InChI is InChI=1S/C17H18N2O4/c1-18-15(16(20)12-7-4-3-5-8-12)17(23-2)13-9-6-10-14(11-13)19(21)22/h3-11,15,17-18H,1-2H3. The molecule has 2 rings (SSSR count). The lowest BCUT2D eigenvalue weighted by molar-refractivity contribution is -0.385. The van der Waals surface area contributed by atoms with Gasteiger partial charge in [0.2, 0.25) is 0 Å². The summed E-state index contributed by atoms with van der Waals surface area (Å²) in [6.07, 6.45) is -0.632. The molecule has 0 spiro atoms. The van der Waals surface area contributed by atoms with Gasteiger partial charge < -0.3 is 10.1 Å². The van der Waals surface area contributed by atoms with Crippen LogP contribution in [0, 0.1) is 10.1 Å². The number of Topliss-reactive ketones (excluding diaryl/α,β-unsaturated/α-hetero) is 1. The first-order valence-electron chi connectivity index (χ1n) is 7.12. The number of likely N-dealkylation sites (N-methyl/N-ethyl adjacent to an activating group) is 1. The maximum atomic E-state index is 12.7. The van der Waals surface area contributed by atoms with Gasteiger partial charge in [-0.2, -0.15) is 0 Å². The molecule has 6 heteroatoms. The van der Waals surface area contributed by atoms with E-state index in [0.717, 1.165) is 0 Å². The van der Waals surface area contributed by atoms with Crippen molar-refractivity contribution in [1.29, 1.82) is 0 Å². The zero-order valence-electron chi connectivity index (χ0n) is 12.9. The third kappa shape index (κ3) is 3.80. The van der Waals surface area contributed by atoms with Crippen LogP contribution >= 0.6 is 0 Å². The van der Waals surface area contributed by atoms with Crippen molar-refractivity contribution in [2.45, 2.75) is 12.1 Å². The molecule has 2 unspecified atom stereocenters. The predicted octanol–water partition coefficient (Wildman–Crippen LogP) is 2.75. The number of carbonyl (C=O) groups is 1. The Morgan fingerprint density at radius 3 is 2.43 bits per heavy atom. The van der Waals surface area contributed by atoms with Crippen LogP contribution in [0.4, 0.5) is 5.69 Å². The number of benzene rings is 2. The average molecular weight is 314 g/mol. The minimum absolute atomic E-state index is 0.0356. The van der Waals surface area contributed by atoms with Gasteiger partial charge in [-0.1, -0.05) is 42.5 Å². The molecule has 6 nitrogen and oxygen atoms in total. The molecule has 0 amide bonds. The summed E-state index contributed by atoms with van der Waals surface area (Å²) in [5, 5.41) is 13.9. The maximum Gasteiger partial charge on any atom is 0.269 e. The molecular weight excluding hydrogens is 296 g/mol. The van der Waals surface area contributed by atoms with Crippen molar-refractivity contribution < 1.29 is 14.5 Å². The first-order valence-corrected chi connectivity index (χ1v) is 7.12. The molecule has 23 heavy (non-hydrogen) atoms. The minimum atomic E-state index is -0.649. The zero-order chi connectivity index (χ0) is 16.8. The highest BCUT2D eigenvalue weighted by Crippen LogP contribution is 2.26. The number of ketones is 1. The number of carbonyl (C=O) groups excluding carboxylic acids is 1. The number of nitrogens with zero attached hydrogens (tertiary/aromatic N) is 1. The number of nitrogens with one attached hydrogen (secondary N) is 1. The van der Waals surface area contributed by atoms with Gasteiger partial charge in [-0.3, -0.25) is 14.9 Å². The van der Waals surface area contributed by atoms with Crippen molar-refractivity contribution >= 4 is 11.5 Å². The number of hydrogen-bond acceptors (Lipinski definition) is 5. The smallest absolute Gasteiger partial charge is 0.269 e. The van der Waals surface area contributed by atoms with E-state index >= 15 is 0 Å². The molecule has 0 radical (unpaired) electrons. The number of methoxy groups -OCH3 is 1. The molecule has 0 fully saturated rings. The molecular formula is C17H18N2O4. The fourth-order valence-electron chi connectivity index (χ4n) is 2.48. The normalized spacial score (nSPS) is 13.3. The molecule has 2 aromatic rings. The number of hydrogen-bond donors (Lipinski definition) is 1. The van der Waals surface area contributed by atoms with E-state index in [1.54, 1.807) is 43.4 Å². The number of rotatable bonds is 7. The van der Waals surface area contributed by atoms with Crippen LogP contribution in [0.1, 0.15) is 22.0 Å². The molecule has 0 aliphatic carbocycles. The van der Waals surface area contributed by atoms with Gasteiger partial charge in [0.15, 0.2) is 5.78 Å². The largest absolute Gasteiger partial charge is 0.375 e. The van der Waals surface area contributed by atoms with E-state index in [-0.39, 0.29) is 11.5 Å². The third-order valence-electron chi connectivity index (χ3n) is 3.62. The summed E-state index contributed by atoms with van der Waals surface area (Å²) in [6.45, 7) is 0. The predicted molar refractivity (Wildman–Crippen MR) is 86.5 cm³/mol. The van der Waals surface area contributed by atoms with Crippen LogP contribution in [0.3, 0.4) is 0 Å². The summed E-state index contributed by atoms with van der Waals surface area (Å²) in [6, 6.07) is 14.3. The molecule has 120 valence electrons. The number of nitro groups is 1. The highest BCUT2D eigenvalue weighted by atomic mass is 16.6. The second-order valence-electron chi connectivity index (χ2n) is 5.01. The van der Waals surface area contributed by atoms with E-state index in [4.69, 9.17) is 4.74 Å². The monoisotopic (exact) mass is 314 g/mol. The third-order valence-corrected chi connectivity index (χ3v) is 3.62. The second-order valence-corrected chi connectivity index (χ2v) is 5.01. The molecule has 0 aliphatic heterocycles. The fourth-order valence-corrected chi connectivity index (χ4v) is 2.48. The van der Waals surface area contributed by atoms with Crippen molar-refractivity contribution in [3.8, 4) is 0 Å². The van der Waals surface area contributed by atoms with Crippen LogP contribution < -0.4 is 5.32 Å². The van der Waals surface area contributed by atoms with Crippen LogP contribution in [0.5, 0.6) is 0 Å². The summed E-state index contributed by atoms with van der Waals surface area (Å²) in [5.74, 6) is -0.133. The van der Waals surface area contributed by atoms with Gasteiger partial charge in [0.25, 0.3) is 5.69 Å². The quantitative estimate of drug-likeness (QED) is 0.483. The molecule has 0 aromatic heterocycles. The number of ether oxygens (including phenoxy) is 1. The Kier molecular flexibility index (Phi) is 5.56. The minimum Gasteiger partial charge on any atom is -0.375 e. The van der Waals surface area contributed by atoms with E-state index < -0.39 is 17.1 Å². The van der Waals surface area contributed by atoms with Crippen LogP contribution in [0.25, 0.3) is 0 Å². The second kappa shape index (κ2) is 7.62. The Morgan fingerprint density at radius 1 is 1.17 bits per heavy atom. The molecule has 0 bridgehead atoms. The Balaban J connectivity index is 2.35. The van der Waals surface area contributed by atoms with Crippen molar-refractivity contribution in [3.63, 3.8) is 0 Å². The van der Waals surface area contributed by atoms with Gasteiger partial charge >= 0.3 is 0 Å². The lowest BCUT2D eigenvalue weighted by Gasteiger charge is -2.25. The summed E-state index contributed by atoms with van der Waals surface area (Å²) < 4.78 is 5.46.